The van der Waals surface area contributed by atoms with Crippen LogP contribution in [0.5, 0.6) is 5.75 Å². The van der Waals surface area contributed by atoms with Gasteiger partial charge in [-0.25, -0.2) is 0 Å². The molecule has 0 aromatic heterocycles. The van der Waals surface area contributed by atoms with Gasteiger partial charge in [0.2, 0.25) is 5.91 Å². The van der Waals surface area contributed by atoms with Crippen LogP contribution in [0.3, 0.4) is 0 Å². The van der Waals surface area contributed by atoms with Gasteiger partial charge in [0.15, 0.2) is 5.96 Å². The summed E-state index contributed by atoms with van der Waals surface area (Å²) < 4.78 is 5.59. The van der Waals surface area contributed by atoms with Gasteiger partial charge in [-0.3, -0.25) is 14.7 Å². The van der Waals surface area contributed by atoms with Crippen LogP contribution in [-0.2, 0) is 17.6 Å². The fourth-order valence-corrected chi connectivity index (χ4v) is 3.93. The molecular weight excluding hydrogens is 493 g/mol. The van der Waals surface area contributed by atoms with E-state index in [0.29, 0.717) is 12.6 Å². The highest BCUT2D eigenvalue weighted by atomic mass is 127. The lowest BCUT2D eigenvalue weighted by Gasteiger charge is -2.36. The predicted molar refractivity (Wildman–Crippen MR) is 130 cm³/mol. The minimum atomic E-state index is 0. The second-order valence-corrected chi connectivity index (χ2v) is 8.13. The summed E-state index contributed by atoms with van der Waals surface area (Å²) in [5.74, 6) is 2.19. The quantitative estimate of drug-likeness (QED) is 0.321. The molecule has 0 unspecified atom stereocenters. The number of aliphatic imine (C=N–C) groups is 1. The van der Waals surface area contributed by atoms with E-state index in [1.807, 2.05) is 0 Å². The Bertz CT molecular complexity index is 745. The van der Waals surface area contributed by atoms with E-state index in [1.165, 1.54) is 11.1 Å². The van der Waals surface area contributed by atoms with Gasteiger partial charge >= 0.3 is 0 Å². The molecule has 1 saturated carbocycles. The Morgan fingerprint density at radius 2 is 2.03 bits per heavy atom. The van der Waals surface area contributed by atoms with Crippen molar-refractivity contribution in [2.75, 3.05) is 52.4 Å². The topological polar surface area (TPSA) is 69.2 Å². The van der Waals surface area contributed by atoms with E-state index in [9.17, 15) is 4.79 Å². The van der Waals surface area contributed by atoms with Crippen molar-refractivity contribution in [3.05, 3.63) is 29.3 Å². The van der Waals surface area contributed by atoms with Crippen molar-refractivity contribution < 1.29 is 9.53 Å². The molecule has 1 amide bonds. The predicted octanol–water partition coefficient (Wildman–Crippen LogP) is 1.64. The first kappa shape index (κ1) is 23.1. The summed E-state index contributed by atoms with van der Waals surface area (Å²) in [5.41, 5.74) is 2.64. The molecule has 2 aliphatic heterocycles. The van der Waals surface area contributed by atoms with Crippen molar-refractivity contribution in [3.63, 3.8) is 0 Å². The van der Waals surface area contributed by atoms with Gasteiger partial charge in [0.05, 0.1) is 13.2 Å². The van der Waals surface area contributed by atoms with Crippen LogP contribution in [0.4, 0.5) is 0 Å². The molecule has 0 atom stereocenters. The summed E-state index contributed by atoms with van der Waals surface area (Å²) in [5, 5.41) is 6.50. The number of nitrogens with zero attached hydrogens (tertiary/aromatic N) is 3. The van der Waals surface area contributed by atoms with E-state index in [-0.39, 0.29) is 29.9 Å². The fourth-order valence-electron chi connectivity index (χ4n) is 3.93. The number of carbonyl (C=O) groups excluding carboxylic acids is 1. The molecule has 2 N–H and O–H groups in total. The Balaban J connectivity index is 0.00000256. The largest absolute Gasteiger partial charge is 0.493 e. The van der Waals surface area contributed by atoms with Gasteiger partial charge in [-0.1, -0.05) is 12.1 Å². The standard InChI is InChI=1S/C22H33N5O2.HI/c1-2-23-22(24-9-7-17-3-6-20-18(15-17)8-14-29-20)27-12-10-26(11-13-27)16-21(28)25-19-4-5-19;/h3,6,15,19H,2,4-5,7-14,16H2,1H3,(H,23,24)(H,25,28);1H. The first-order chi connectivity index (χ1) is 14.2. The van der Waals surface area contributed by atoms with Gasteiger partial charge in [-0.05, 0) is 43.4 Å². The third kappa shape index (κ3) is 6.47. The van der Waals surface area contributed by atoms with Gasteiger partial charge in [0.1, 0.15) is 5.75 Å². The van der Waals surface area contributed by atoms with Gasteiger partial charge < -0.3 is 20.3 Å². The molecule has 30 heavy (non-hydrogen) atoms. The summed E-state index contributed by atoms with van der Waals surface area (Å²) in [6.07, 6.45) is 4.23. The lowest BCUT2D eigenvalue weighted by molar-refractivity contribution is -0.122. The first-order valence-corrected chi connectivity index (χ1v) is 11.0. The number of fused-ring (bicyclic) bond motifs is 1. The number of halogens is 1. The first-order valence-electron chi connectivity index (χ1n) is 11.0. The molecule has 2 heterocycles. The maximum atomic E-state index is 12.0. The number of carbonyl (C=O) groups is 1. The van der Waals surface area contributed by atoms with Crippen LogP contribution >= 0.6 is 24.0 Å². The highest BCUT2D eigenvalue weighted by Crippen LogP contribution is 2.26. The third-order valence-corrected chi connectivity index (χ3v) is 5.73. The number of hydrogen-bond donors (Lipinski definition) is 2. The van der Waals surface area contributed by atoms with Gasteiger partial charge in [0.25, 0.3) is 0 Å². The molecule has 1 aromatic rings. The van der Waals surface area contributed by atoms with Crippen molar-refractivity contribution in [2.45, 2.75) is 38.6 Å². The number of benzene rings is 1. The average molecular weight is 527 g/mol. The third-order valence-electron chi connectivity index (χ3n) is 5.73. The maximum Gasteiger partial charge on any atom is 0.234 e. The van der Waals surface area contributed by atoms with Crippen molar-refractivity contribution in [2.24, 2.45) is 4.99 Å². The number of amides is 1. The molecule has 0 bridgehead atoms. The molecule has 8 heteroatoms. The van der Waals surface area contributed by atoms with Gasteiger partial charge in [-0.2, -0.15) is 0 Å². The van der Waals surface area contributed by atoms with E-state index in [2.05, 4.69) is 45.6 Å². The second kappa shape index (κ2) is 11.2. The molecule has 1 saturated heterocycles. The van der Waals surface area contributed by atoms with Gasteiger partial charge in [0, 0.05) is 51.7 Å². The van der Waals surface area contributed by atoms with E-state index in [1.54, 1.807) is 0 Å². The Kier molecular flexibility index (Phi) is 8.61. The lowest BCUT2D eigenvalue weighted by atomic mass is 10.1. The molecule has 4 rings (SSSR count). The molecule has 2 fully saturated rings. The lowest BCUT2D eigenvalue weighted by Crippen LogP contribution is -2.54. The Morgan fingerprint density at radius 1 is 1.23 bits per heavy atom. The molecule has 7 nitrogen and oxygen atoms in total. The van der Waals surface area contributed by atoms with E-state index in [4.69, 9.17) is 9.73 Å². The van der Waals surface area contributed by atoms with Crippen LogP contribution < -0.4 is 15.4 Å². The number of ether oxygens (including phenoxy) is 1. The smallest absolute Gasteiger partial charge is 0.234 e. The Labute approximate surface area is 196 Å². The highest BCUT2D eigenvalue weighted by molar-refractivity contribution is 14.0. The summed E-state index contributed by atoms with van der Waals surface area (Å²) >= 11 is 0. The zero-order valence-corrected chi connectivity index (χ0v) is 20.2. The Morgan fingerprint density at radius 3 is 2.77 bits per heavy atom. The maximum absolute atomic E-state index is 12.0. The molecule has 1 aliphatic carbocycles. The summed E-state index contributed by atoms with van der Waals surface area (Å²) in [6, 6.07) is 6.94. The number of guanidine groups is 1. The van der Waals surface area contributed by atoms with Crippen LogP contribution in [-0.4, -0.2) is 80.1 Å². The van der Waals surface area contributed by atoms with Gasteiger partial charge in [-0.15, -0.1) is 24.0 Å². The van der Waals surface area contributed by atoms with Crippen molar-refractivity contribution in [3.8, 4) is 5.75 Å². The van der Waals surface area contributed by atoms with Crippen molar-refractivity contribution >= 4 is 35.8 Å². The fraction of sp³-hybridized carbons (Fsp3) is 0.636. The molecule has 0 radical (unpaired) electrons. The van der Waals surface area contributed by atoms with Crippen LogP contribution in [0.2, 0.25) is 0 Å². The van der Waals surface area contributed by atoms with Crippen LogP contribution in [0.25, 0.3) is 0 Å². The monoisotopic (exact) mass is 527 g/mol. The second-order valence-electron chi connectivity index (χ2n) is 8.13. The normalized spacial score (nSPS) is 19.0. The molecule has 3 aliphatic rings. The van der Waals surface area contributed by atoms with Crippen LogP contribution in [0, 0.1) is 0 Å². The Hall–Kier alpha value is -1.55. The summed E-state index contributed by atoms with van der Waals surface area (Å²) in [4.78, 5) is 21.4. The zero-order chi connectivity index (χ0) is 20.1. The number of hydrogen-bond acceptors (Lipinski definition) is 4. The number of nitrogens with one attached hydrogen (secondary N) is 2. The van der Waals surface area contributed by atoms with Crippen LogP contribution in [0.1, 0.15) is 30.9 Å². The zero-order valence-electron chi connectivity index (χ0n) is 17.9. The number of piperazine rings is 1. The number of rotatable bonds is 7. The average Bonchev–Trinajstić information content (AvgIpc) is 3.40. The molecule has 166 valence electrons. The minimum absolute atomic E-state index is 0. The minimum Gasteiger partial charge on any atom is -0.493 e. The van der Waals surface area contributed by atoms with Crippen molar-refractivity contribution in [1.82, 2.24) is 20.4 Å². The van der Waals surface area contributed by atoms with Crippen molar-refractivity contribution in [1.29, 1.82) is 0 Å². The van der Waals surface area contributed by atoms with E-state index < -0.39 is 0 Å². The van der Waals surface area contributed by atoms with E-state index in [0.717, 1.165) is 83.3 Å². The summed E-state index contributed by atoms with van der Waals surface area (Å²) in [7, 11) is 0. The van der Waals surface area contributed by atoms with Crippen LogP contribution in [0.15, 0.2) is 23.2 Å². The molecule has 0 spiro atoms. The summed E-state index contributed by atoms with van der Waals surface area (Å²) in [6.45, 7) is 8.65. The van der Waals surface area contributed by atoms with E-state index >= 15 is 0 Å². The molecular formula is C22H34IN5O2. The molecule has 1 aromatic carbocycles. The SMILES string of the molecule is CCNC(=NCCc1ccc2c(c1)CCO2)N1CCN(CC(=O)NC2CC2)CC1.I. The highest BCUT2D eigenvalue weighted by Gasteiger charge is 2.25.